The van der Waals surface area contributed by atoms with Gasteiger partial charge in [-0.05, 0) is 31.8 Å². The normalized spacial score (nSPS) is 13.6. The van der Waals surface area contributed by atoms with Gasteiger partial charge in [0.2, 0.25) is 11.9 Å². The van der Waals surface area contributed by atoms with Crippen LogP contribution in [0.3, 0.4) is 0 Å². The number of carbonyl (C=O) groups is 1. The Labute approximate surface area is 191 Å². The molecular formula is C17H29N13O3. The molecule has 33 heavy (non-hydrogen) atoms. The number of piperazine rings is 1. The van der Waals surface area contributed by atoms with E-state index in [2.05, 4.69) is 35.0 Å². The molecule has 2 rings (SSSR count). The first-order chi connectivity index (χ1) is 15.6. The molecule has 2 heterocycles. The van der Waals surface area contributed by atoms with Gasteiger partial charge in [-0.1, -0.05) is 10.2 Å². The second kappa shape index (κ2) is 11.8. The average molecular weight is 464 g/mol. The molecule has 1 aromatic rings. The minimum atomic E-state index is -0.577. The van der Waals surface area contributed by atoms with E-state index in [-0.39, 0.29) is 44.2 Å². The van der Waals surface area contributed by atoms with Crippen LogP contribution in [0.1, 0.15) is 20.8 Å². The highest BCUT2D eigenvalue weighted by atomic mass is 16.6. The molecular weight excluding hydrogens is 434 g/mol. The van der Waals surface area contributed by atoms with Gasteiger partial charge in [-0.25, -0.2) is 9.86 Å². The molecule has 1 N–H and O–H groups in total. The van der Waals surface area contributed by atoms with Crippen molar-refractivity contribution in [3.8, 4) is 0 Å². The number of nitrogens with zero attached hydrogens (tertiary/aromatic N) is 13. The van der Waals surface area contributed by atoms with Crippen LogP contribution in [-0.2, 0) is 4.74 Å². The van der Waals surface area contributed by atoms with Crippen molar-refractivity contribution in [1.29, 1.82) is 0 Å². The predicted molar refractivity (Wildman–Crippen MR) is 120 cm³/mol. The van der Waals surface area contributed by atoms with Crippen molar-refractivity contribution in [2.45, 2.75) is 26.4 Å². The monoisotopic (exact) mass is 463 g/mol. The Bertz CT molecular complexity index is 876. The van der Waals surface area contributed by atoms with Crippen molar-refractivity contribution < 1.29 is 14.7 Å². The Hall–Kier alpha value is -3.74. The molecule has 1 amide bonds. The molecule has 0 spiro atoms. The van der Waals surface area contributed by atoms with Crippen LogP contribution in [0.15, 0.2) is 10.2 Å². The van der Waals surface area contributed by atoms with Crippen LogP contribution in [0.25, 0.3) is 20.9 Å². The third-order valence-electron chi connectivity index (χ3n) is 4.45. The molecule has 1 fully saturated rings. The maximum atomic E-state index is 12.3. The van der Waals surface area contributed by atoms with Gasteiger partial charge < -0.3 is 19.4 Å². The van der Waals surface area contributed by atoms with Gasteiger partial charge in [0.25, 0.3) is 5.95 Å². The van der Waals surface area contributed by atoms with Gasteiger partial charge in [0.15, 0.2) is 0 Å². The van der Waals surface area contributed by atoms with Gasteiger partial charge in [0.05, 0.1) is 0 Å². The minimum Gasteiger partial charge on any atom is -0.444 e. The number of carbonyl (C=O) groups excluding carboxylic acids is 1. The van der Waals surface area contributed by atoms with Crippen molar-refractivity contribution in [2.75, 3.05) is 74.3 Å². The quantitative estimate of drug-likeness (QED) is 0.247. The molecule has 0 unspecified atom stereocenters. The average Bonchev–Trinajstić information content (AvgIpc) is 2.77. The van der Waals surface area contributed by atoms with Crippen LogP contribution in [0.4, 0.5) is 22.6 Å². The topological polar surface area (TPSA) is 196 Å². The maximum Gasteiger partial charge on any atom is 0.410 e. The molecule has 1 saturated heterocycles. The zero-order valence-electron chi connectivity index (χ0n) is 19.2. The summed E-state index contributed by atoms with van der Waals surface area (Å²) < 4.78 is 5.42. The second-order valence-corrected chi connectivity index (χ2v) is 8.11. The van der Waals surface area contributed by atoms with Crippen LogP contribution in [0, 0.1) is 0 Å². The summed E-state index contributed by atoms with van der Waals surface area (Å²) in [7, 11) is 1.38. The maximum absolute atomic E-state index is 12.3. The van der Waals surface area contributed by atoms with E-state index in [1.165, 1.54) is 7.05 Å². The minimum absolute atomic E-state index is 0.0159. The van der Waals surface area contributed by atoms with Gasteiger partial charge in [-0.15, -0.1) is 0 Å². The van der Waals surface area contributed by atoms with Crippen molar-refractivity contribution in [1.82, 2.24) is 19.9 Å². The molecule has 16 nitrogen and oxygen atoms in total. The van der Waals surface area contributed by atoms with Crippen LogP contribution in [0.2, 0.25) is 0 Å². The second-order valence-electron chi connectivity index (χ2n) is 8.11. The lowest BCUT2D eigenvalue weighted by Crippen LogP contribution is -2.50. The summed E-state index contributed by atoms with van der Waals surface area (Å²) in [6.45, 7) is 8.02. The van der Waals surface area contributed by atoms with E-state index in [1.54, 1.807) is 9.80 Å². The number of hydroxylamine groups is 1. The van der Waals surface area contributed by atoms with Crippen LogP contribution in [0.5, 0.6) is 0 Å². The summed E-state index contributed by atoms with van der Waals surface area (Å²) in [6, 6.07) is 0. The Morgan fingerprint density at radius 2 is 1.61 bits per heavy atom. The van der Waals surface area contributed by atoms with Gasteiger partial charge in [-0.3, -0.25) is 5.21 Å². The summed E-state index contributed by atoms with van der Waals surface area (Å²) in [6.07, 6.45) is -0.378. The fraction of sp³-hybridized carbons (Fsp3) is 0.765. The summed E-state index contributed by atoms with van der Waals surface area (Å²) >= 11 is 0. The fourth-order valence-corrected chi connectivity index (χ4v) is 2.92. The molecule has 0 aliphatic carbocycles. The highest BCUT2D eigenvalue weighted by Gasteiger charge is 2.28. The standard InChI is InChI=1S/C17H29N13O3/c1-17(2,3)33-16(31)30-11-9-29(10-12-30)15-23-13(27(4)32)22-14(24-15)28(7-5-20-25-18)8-6-21-26-19/h32H,5-12H2,1-4H3. The molecule has 1 aromatic heterocycles. The summed E-state index contributed by atoms with van der Waals surface area (Å²) in [5.74, 6) is 0.561. The van der Waals surface area contributed by atoms with E-state index in [0.29, 0.717) is 32.1 Å². The molecule has 1 aliphatic heterocycles. The third kappa shape index (κ3) is 8.03. The van der Waals surface area contributed by atoms with Gasteiger partial charge >= 0.3 is 6.09 Å². The van der Waals surface area contributed by atoms with Crippen molar-refractivity contribution in [2.24, 2.45) is 10.2 Å². The van der Waals surface area contributed by atoms with E-state index in [1.807, 2.05) is 25.7 Å². The Kier molecular flexibility index (Phi) is 9.09. The number of rotatable bonds is 9. The van der Waals surface area contributed by atoms with Crippen molar-refractivity contribution >= 4 is 23.9 Å². The van der Waals surface area contributed by atoms with Crippen LogP contribution in [-0.4, -0.2) is 96.2 Å². The number of ether oxygens (including phenoxy) is 1. The highest BCUT2D eigenvalue weighted by Crippen LogP contribution is 2.20. The summed E-state index contributed by atoms with van der Waals surface area (Å²) in [4.78, 5) is 36.1. The first-order valence-electron chi connectivity index (χ1n) is 10.3. The third-order valence-corrected chi connectivity index (χ3v) is 4.45. The number of hydrogen-bond donors (Lipinski definition) is 1. The highest BCUT2D eigenvalue weighted by molar-refractivity contribution is 5.68. The number of amides is 1. The SMILES string of the molecule is CN(O)c1nc(N(CCN=[N+]=[N-])CCN=[N+]=[N-])nc(N2CCN(C(=O)OC(C)(C)C)CC2)n1. The van der Waals surface area contributed by atoms with E-state index < -0.39 is 5.60 Å². The molecule has 0 bridgehead atoms. The van der Waals surface area contributed by atoms with Crippen molar-refractivity contribution in [3.63, 3.8) is 0 Å². The van der Waals surface area contributed by atoms with E-state index in [0.717, 1.165) is 5.06 Å². The first kappa shape index (κ1) is 25.5. The number of azide groups is 2. The Morgan fingerprint density at radius 1 is 1.06 bits per heavy atom. The zero-order chi connectivity index (χ0) is 24.4. The van der Waals surface area contributed by atoms with Gasteiger partial charge in [-0.2, -0.15) is 15.0 Å². The predicted octanol–water partition coefficient (Wildman–Crippen LogP) is 2.18. The fourth-order valence-electron chi connectivity index (χ4n) is 2.92. The molecule has 0 saturated carbocycles. The number of hydrogen-bond acceptors (Lipinski definition) is 11. The largest absolute Gasteiger partial charge is 0.444 e. The molecule has 0 radical (unpaired) electrons. The van der Waals surface area contributed by atoms with Gasteiger partial charge in [0.1, 0.15) is 5.60 Å². The molecule has 16 heteroatoms. The zero-order valence-corrected chi connectivity index (χ0v) is 19.2. The van der Waals surface area contributed by atoms with E-state index in [4.69, 9.17) is 15.8 Å². The molecule has 0 aromatic carbocycles. The number of anilines is 3. The smallest absolute Gasteiger partial charge is 0.410 e. The van der Waals surface area contributed by atoms with Crippen molar-refractivity contribution in [3.05, 3.63) is 20.9 Å². The lowest BCUT2D eigenvalue weighted by Gasteiger charge is -2.36. The molecule has 1 aliphatic rings. The van der Waals surface area contributed by atoms with E-state index in [9.17, 15) is 10.0 Å². The Morgan fingerprint density at radius 3 is 2.09 bits per heavy atom. The number of aromatic nitrogens is 3. The van der Waals surface area contributed by atoms with E-state index >= 15 is 0 Å². The summed E-state index contributed by atoms with van der Waals surface area (Å²) in [5.41, 5.74) is 16.6. The Balaban J connectivity index is 2.22. The summed E-state index contributed by atoms with van der Waals surface area (Å²) in [5, 5.41) is 17.8. The molecule has 180 valence electrons. The first-order valence-corrected chi connectivity index (χ1v) is 10.3. The van der Waals surface area contributed by atoms with Crippen LogP contribution >= 0.6 is 0 Å². The lowest BCUT2D eigenvalue weighted by molar-refractivity contribution is 0.0240. The van der Waals surface area contributed by atoms with Gasteiger partial charge in [0, 0.05) is 69.2 Å². The van der Waals surface area contributed by atoms with Crippen LogP contribution < -0.4 is 14.9 Å². The molecule has 0 atom stereocenters. The lowest BCUT2D eigenvalue weighted by atomic mass is 10.2.